The number of hydrogen-bond acceptors (Lipinski definition) is 0. The molecule has 0 amide bonds. The topological polar surface area (TPSA) is 16.6 Å². The van der Waals surface area contributed by atoms with E-state index in [1.54, 1.807) is 0 Å². The Bertz CT molecular complexity index is 420. The molecule has 2 N–H and O–H groups in total. The van der Waals surface area contributed by atoms with Gasteiger partial charge in [0.2, 0.25) is 0 Å². The van der Waals surface area contributed by atoms with Gasteiger partial charge < -0.3 is 5.32 Å². The van der Waals surface area contributed by atoms with Crippen LogP contribution in [0.2, 0.25) is 6.04 Å². The van der Waals surface area contributed by atoms with Crippen molar-refractivity contribution < 1.29 is 5.32 Å². The van der Waals surface area contributed by atoms with Crippen molar-refractivity contribution in [2.75, 3.05) is 6.54 Å². The summed E-state index contributed by atoms with van der Waals surface area (Å²) in [4.78, 5) is 0. The van der Waals surface area contributed by atoms with E-state index in [0.29, 0.717) is 0 Å². The van der Waals surface area contributed by atoms with Crippen molar-refractivity contribution >= 4 is 10.2 Å². The average Bonchev–Trinajstić information content (AvgIpc) is 2.75. The summed E-state index contributed by atoms with van der Waals surface area (Å²) in [6.45, 7) is 2.43. The molecule has 0 aromatic heterocycles. The normalized spacial score (nSPS) is 11.3. The Kier molecular flexibility index (Phi) is 20.1. The summed E-state index contributed by atoms with van der Waals surface area (Å²) >= 11 is 0. The third kappa shape index (κ3) is 19.1. The van der Waals surface area contributed by atoms with Crippen molar-refractivity contribution in [3.05, 3.63) is 35.9 Å². The Hall–Kier alpha value is -0.603. The molecule has 1 aromatic carbocycles. The summed E-state index contributed by atoms with van der Waals surface area (Å²) in [6, 6.07) is 12.3. The third-order valence-electron chi connectivity index (χ3n) is 6.23. The van der Waals surface area contributed by atoms with Gasteiger partial charge in [0, 0.05) is 15.8 Å². The van der Waals surface area contributed by atoms with Crippen LogP contribution in [0.15, 0.2) is 30.3 Å². The summed E-state index contributed by atoms with van der Waals surface area (Å²) in [7, 11) is 1.41. The van der Waals surface area contributed by atoms with Crippen molar-refractivity contribution in [3.8, 4) is 0 Å². The molecule has 0 saturated carbocycles. The maximum absolute atomic E-state index is 2.46. The van der Waals surface area contributed by atoms with Gasteiger partial charge in [0.05, 0.1) is 6.54 Å². The molecule has 0 bridgehead atoms. The molecule has 0 aliphatic heterocycles. The summed E-state index contributed by atoms with van der Waals surface area (Å²) in [5.41, 5.74) is 1.45. The van der Waals surface area contributed by atoms with E-state index in [0.717, 1.165) is 6.54 Å². The minimum atomic E-state index is 1.14. The van der Waals surface area contributed by atoms with E-state index in [1.165, 1.54) is 144 Å². The lowest BCUT2D eigenvalue weighted by Gasteiger charge is -2.04. The highest BCUT2D eigenvalue weighted by atomic mass is 28.1. The average molecular weight is 419 g/mol. The lowest BCUT2D eigenvalue weighted by molar-refractivity contribution is -0.671. The van der Waals surface area contributed by atoms with Crippen LogP contribution >= 0.6 is 0 Å². The summed E-state index contributed by atoms with van der Waals surface area (Å²) in [6.07, 6.45) is 26.5. The zero-order valence-electron chi connectivity index (χ0n) is 19.8. The van der Waals surface area contributed by atoms with E-state index in [1.807, 2.05) is 0 Å². The number of nitrogens with two attached hydrogens (primary N) is 1. The van der Waals surface area contributed by atoms with Crippen molar-refractivity contribution in [3.63, 3.8) is 0 Å². The van der Waals surface area contributed by atoms with Crippen LogP contribution < -0.4 is 5.32 Å². The van der Waals surface area contributed by atoms with Gasteiger partial charge in [-0.3, -0.25) is 0 Å². The zero-order chi connectivity index (χ0) is 20.7. The first-order valence-corrected chi connectivity index (χ1v) is 14.7. The molecule has 168 valence electrons. The van der Waals surface area contributed by atoms with Gasteiger partial charge in [0.25, 0.3) is 0 Å². The quantitative estimate of drug-likeness (QED) is 0.162. The monoisotopic (exact) mass is 418 g/mol. The van der Waals surface area contributed by atoms with Crippen molar-refractivity contribution in [2.45, 2.75) is 128 Å². The predicted octanol–water partition coefficient (Wildman–Crippen LogP) is 6.56. The maximum atomic E-state index is 2.46. The second-order valence-corrected chi connectivity index (χ2v) is 10.1. The van der Waals surface area contributed by atoms with Gasteiger partial charge in [-0.15, -0.1) is 0 Å². The van der Waals surface area contributed by atoms with E-state index in [4.69, 9.17) is 0 Å². The number of rotatable bonds is 22. The standard InChI is InChI=1S/C27H51NSi/c29-25-21-16-14-12-10-8-6-4-2-1-3-5-7-9-11-13-15-20-24-28-26-27-22-18-17-19-23-27/h17-19,22-23,28H,1-16,20-21,24-26H2,29H3/p+1. The van der Waals surface area contributed by atoms with Gasteiger partial charge in [0.1, 0.15) is 6.54 Å². The minimum Gasteiger partial charge on any atom is -0.343 e. The van der Waals surface area contributed by atoms with Crippen LogP contribution in [-0.4, -0.2) is 16.8 Å². The van der Waals surface area contributed by atoms with Crippen LogP contribution in [0.1, 0.15) is 121 Å². The van der Waals surface area contributed by atoms with Crippen LogP contribution in [0.3, 0.4) is 0 Å². The summed E-state index contributed by atoms with van der Waals surface area (Å²) in [5, 5.41) is 2.46. The van der Waals surface area contributed by atoms with Gasteiger partial charge in [-0.1, -0.05) is 139 Å². The van der Waals surface area contributed by atoms with E-state index in [2.05, 4.69) is 35.6 Å². The molecule has 1 rings (SSSR count). The van der Waals surface area contributed by atoms with E-state index in [9.17, 15) is 0 Å². The second-order valence-electron chi connectivity index (χ2n) is 9.13. The Labute approximate surface area is 186 Å². The molecule has 0 saturated heterocycles. The Morgan fingerprint density at radius 2 is 0.862 bits per heavy atom. The lowest BCUT2D eigenvalue weighted by Crippen LogP contribution is -2.82. The molecule has 0 unspecified atom stereocenters. The second kappa shape index (κ2) is 22.1. The molecule has 2 heteroatoms. The Morgan fingerprint density at radius 3 is 1.28 bits per heavy atom. The molecule has 29 heavy (non-hydrogen) atoms. The molecule has 0 aliphatic rings. The molecule has 0 radical (unpaired) electrons. The molecule has 0 fully saturated rings. The van der Waals surface area contributed by atoms with Gasteiger partial charge in [-0.25, -0.2) is 0 Å². The summed E-state index contributed by atoms with van der Waals surface area (Å²) in [5.74, 6) is 0. The van der Waals surface area contributed by atoms with Gasteiger partial charge in [-0.05, 0) is 12.8 Å². The fraction of sp³-hybridized carbons (Fsp3) is 0.778. The van der Waals surface area contributed by atoms with Crippen LogP contribution in [0.5, 0.6) is 0 Å². The third-order valence-corrected chi connectivity index (χ3v) is 6.94. The van der Waals surface area contributed by atoms with E-state index < -0.39 is 0 Å². The van der Waals surface area contributed by atoms with Gasteiger partial charge in [-0.2, -0.15) is 0 Å². The van der Waals surface area contributed by atoms with Gasteiger partial charge >= 0.3 is 0 Å². The van der Waals surface area contributed by atoms with Crippen LogP contribution in [0, 0.1) is 0 Å². The SMILES string of the molecule is [SiH3]CCCCCCCCCCCCCCCCCCCC[NH2+]Cc1ccccc1. The number of hydrogen-bond donors (Lipinski definition) is 1. The summed E-state index contributed by atoms with van der Waals surface area (Å²) < 4.78 is 0. The molecule has 0 atom stereocenters. The molecular weight excluding hydrogens is 366 g/mol. The Balaban J connectivity index is 1.66. The Morgan fingerprint density at radius 1 is 0.483 bits per heavy atom. The van der Waals surface area contributed by atoms with Crippen LogP contribution in [0.4, 0.5) is 0 Å². The first kappa shape index (κ1) is 26.4. The maximum Gasteiger partial charge on any atom is 0.101 e. The van der Waals surface area contributed by atoms with E-state index in [-0.39, 0.29) is 0 Å². The molecule has 0 aliphatic carbocycles. The smallest absolute Gasteiger partial charge is 0.101 e. The van der Waals surface area contributed by atoms with Crippen LogP contribution in [-0.2, 0) is 6.54 Å². The molecule has 0 spiro atoms. The zero-order valence-corrected chi connectivity index (χ0v) is 21.8. The van der Waals surface area contributed by atoms with E-state index >= 15 is 0 Å². The first-order chi connectivity index (χ1) is 14.4. The largest absolute Gasteiger partial charge is 0.343 e. The van der Waals surface area contributed by atoms with Crippen molar-refractivity contribution in [2.24, 2.45) is 0 Å². The number of unbranched alkanes of at least 4 members (excludes halogenated alkanes) is 17. The highest BCUT2D eigenvalue weighted by Gasteiger charge is 1.97. The van der Waals surface area contributed by atoms with Crippen LogP contribution in [0.25, 0.3) is 0 Å². The van der Waals surface area contributed by atoms with Gasteiger partial charge in [0.15, 0.2) is 0 Å². The number of benzene rings is 1. The fourth-order valence-electron chi connectivity index (χ4n) is 4.25. The molecule has 1 nitrogen and oxygen atoms in total. The van der Waals surface area contributed by atoms with Crippen molar-refractivity contribution in [1.82, 2.24) is 0 Å². The predicted molar refractivity (Wildman–Crippen MR) is 135 cm³/mol. The molecule has 0 heterocycles. The minimum absolute atomic E-state index is 1.14. The van der Waals surface area contributed by atoms with Crippen molar-refractivity contribution in [1.29, 1.82) is 0 Å². The molecular formula is C27H52NSi+. The number of quaternary nitrogens is 1. The lowest BCUT2D eigenvalue weighted by atomic mass is 10.0. The molecule has 1 aromatic rings. The highest BCUT2D eigenvalue weighted by molar-refractivity contribution is 6.08. The fourth-order valence-corrected chi connectivity index (χ4v) is 4.75. The first-order valence-electron chi connectivity index (χ1n) is 13.3. The highest BCUT2D eigenvalue weighted by Crippen LogP contribution is 2.14.